The predicted molar refractivity (Wildman–Crippen MR) is 80.6 cm³/mol. The summed E-state index contributed by atoms with van der Waals surface area (Å²) >= 11 is 3.33. The molecule has 0 saturated heterocycles. The smallest absolute Gasteiger partial charge is 0.163 e. The Morgan fingerprint density at radius 1 is 1.37 bits per heavy atom. The van der Waals surface area contributed by atoms with E-state index in [1.807, 2.05) is 13.8 Å². The van der Waals surface area contributed by atoms with E-state index >= 15 is 0 Å². The maximum atomic E-state index is 11.9. The van der Waals surface area contributed by atoms with Crippen molar-refractivity contribution < 1.29 is 14.6 Å². The van der Waals surface area contributed by atoms with Gasteiger partial charge < -0.3 is 9.84 Å². The molecule has 0 aromatic heterocycles. The van der Waals surface area contributed by atoms with E-state index in [0.29, 0.717) is 36.3 Å². The normalized spacial score (nSPS) is 10.5. The minimum Gasteiger partial charge on any atom is -0.504 e. The molecule has 1 aromatic rings. The summed E-state index contributed by atoms with van der Waals surface area (Å²) < 4.78 is 5.54. The summed E-state index contributed by atoms with van der Waals surface area (Å²) in [6, 6.07) is 3.45. The van der Waals surface area contributed by atoms with E-state index in [1.54, 1.807) is 12.1 Å². The fourth-order valence-electron chi connectivity index (χ4n) is 1.92. The number of hydrogen-bond acceptors (Lipinski definition) is 3. The third-order valence-electron chi connectivity index (χ3n) is 2.90. The lowest BCUT2D eigenvalue weighted by Gasteiger charge is -2.14. The summed E-state index contributed by atoms with van der Waals surface area (Å²) in [6.45, 7) is 4.40. The van der Waals surface area contributed by atoms with Crippen LogP contribution in [0.1, 0.15) is 49.0 Å². The molecule has 0 radical (unpaired) electrons. The van der Waals surface area contributed by atoms with Crippen LogP contribution in [0.5, 0.6) is 11.5 Å². The Morgan fingerprint density at radius 3 is 2.68 bits per heavy atom. The van der Waals surface area contributed by atoms with Gasteiger partial charge in [-0.05, 0) is 25.0 Å². The summed E-state index contributed by atoms with van der Waals surface area (Å²) in [5, 5.41) is 11.1. The molecule has 4 heteroatoms. The first-order chi connectivity index (χ1) is 9.15. The molecule has 0 spiro atoms. The number of phenols is 1. The molecule has 1 N–H and O–H groups in total. The third-order valence-corrected chi connectivity index (χ3v) is 3.46. The maximum absolute atomic E-state index is 11.9. The monoisotopic (exact) mass is 328 g/mol. The number of ether oxygens (including phenoxy) is 1. The van der Waals surface area contributed by atoms with Crippen LogP contribution in [0.25, 0.3) is 0 Å². The van der Waals surface area contributed by atoms with Gasteiger partial charge in [0, 0.05) is 22.9 Å². The number of ketones is 1. The second-order valence-electron chi connectivity index (χ2n) is 4.36. The number of hydrogen-bond donors (Lipinski definition) is 1. The number of rotatable bonds is 8. The number of aromatic hydroxyl groups is 1. The van der Waals surface area contributed by atoms with Gasteiger partial charge in [-0.25, -0.2) is 0 Å². The number of carbonyl (C=O) groups excluding carboxylic acids is 1. The first kappa shape index (κ1) is 16.0. The average Bonchev–Trinajstić information content (AvgIpc) is 2.42. The number of benzene rings is 1. The molecule has 0 aliphatic rings. The van der Waals surface area contributed by atoms with Gasteiger partial charge in [0.2, 0.25) is 0 Å². The molecular weight excluding hydrogens is 308 g/mol. The Kier molecular flexibility index (Phi) is 6.92. The summed E-state index contributed by atoms with van der Waals surface area (Å²) in [5.41, 5.74) is 1.33. The highest BCUT2D eigenvalue weighted by atomic mass is 79.9. The SMILES string of the molecule is CCCc1c(C(=O)CC)ccc(OCCCBr)c1O. The van der Waals surface area contributed by atoms with Crippen LogP contribution in [-0.4, -0.2) is 22.8 Å². The number of carbonyl (C=O) groups is 1. The molecule has 0 aliphatic heterocycles. The number of alkyl halides is 1. The molecule has 0 atom stereocenters. The fourth-order valence-corrected chi connectivity index (χ4v) is 2.15. The molecule has 1 rings (SSSR count). The molecular formula is C15H21BrO3. The topological polar surface area (TPSA) is 46.5 Å². The van der Waals surface area contributed by atoms with Gasteiger partial charge in [-0.15, -0.1) is 0 Å². The van der Waals surface area contributed by atoms with Gasteiger partial charge in [0.25, 0.3) is 0 Å². The minimum absolute atomic E-state index is 0.0609. The van der Waals surface area contributed by atoms with Gasteiger partial charge >= 0.3 is 0 Å². The van der Waals surface area contributed by atoms with Crippen molar-refractivity contribution >= 4 is 21.7 Å². The Labute approximate surface area is 123 Å². The van der Waals surface area contributed by atoms with Crippen molar-refractivity contribution in [1.29, 1.82) is 0 Å². The minimum atomic E-state index is 0.0609. The highest BCUT2D eigenvalue weighted by molar-refractivity contribution is 9.09. The van der Waals surface area contributed by atoms with Crippen LogP contribution >= 0.6 is 15.9 Å². The fraction of sp³-hybridized carbons (Fsp3) is 0.533. The van der Waals surface area contributed by atoms with Gasteiger partial charge in [-0.1, -0.05) is 36.2 Å². The van der Waals surface area contributed by atoms with Crippen LogP contribution in [0.4, 0.5) is 0 Å². The average molecular weight is 329 g/mol. The van der Waals surface area contributed by atoms with Gasteiger partial charge in [0.1, 0.15) is 0 Å². The molecule has 0 heterocycles. The summed E-state index contributed by atoms with van der Waals surface area (Å²) in [5.74, 6) is 0.651. The van der Waals surface area contributed by atoms with E-state index in [1.165, 1.54) is 0 Å². The lowest BCUT2D eigenvalue weighted by Crippen LogP contribution is -2.05. The summed E-state index contributed by atoms with van der Waals surface area (Å²) in [6.07, 6.45) is 2.88. The quantitative estimate of drug-likeness (QED) is 0.444. The molecule has 0 saturated carbocycles. The van der Waals surface area contributed by atoms with Crippen LogP contribution < -0.4 is 4.74 Å². The van der Waals surface area contributed by atoms with Crippen LogP contribution in [0.3, 0.4) is 0 Å². The number of Topliss-reactive ketones (excluding diaryl/α,β-unsaturated/α-hetero) is 1. The van der Waals surface area contributed by atoms with Crippen molar-refractivity contribution in [3.8, 4) is 11.5 Å². The van der Waals surface area contributed by atoms with Crippen molar-refractivity contribution in [2.24, 2.45) is 0 Å². The van der Waals surface area contributed by atoms with Crippen LogP contribution in [0.15, 0.2) is 12.1 Å². The first-order valence-corrected chi connectivity index (χ1v) is 7.84. The standard InChI is InChI=1S/C15H21BrO3/c1-3-6-12-11(13(17)4-2)7-8-14(15(12)18)19-10-5-9-16/h7-8,18H,3-6,9-10H2,1-2H3. The molecule has 0 unspecified atom stereocenters. The van der Waals surface area contributed by atoms with E-state index in [9.17, 15) is 9.90 Å². The van der Waals surface area contributed by atoms with E-state index < -0.39 is 0 Å². The highest BCUT2D eigenvalue weighted by Crippen LogP contribution is 2.34. The number of phenolic OH excluding ortho intramolecular Hbond substituents is 1. The van der Waals surface area contributed by atoms with Gasteiger partial charge in [-0.2, -0.15) is 0 Å². The Morgan fingerprint density at radius 2 is 2.11 bits per heavy atom. The molecule has 0 aliphatic carbocycles. The van der Waals surface area contributed by atoms with Crippen molar-refractivity contribution in [3.63, 3.8) is 0 Å². The van der Waals surface area contributed by atoms with Crippen molar-refractivity contribution in [1.82, 2.24) is 0 Å². The van der Waals surface area contributed by atoms with E-state index in [4.69, 9.17) is 4.74 Å². The second kappa shape index (κ2) is 8.20. The largest absolute Gasteiger partial charge is 0.504 e. The zero-order chi connectivity index (χ0) is 14.3. The van der Waals surface area contributed by atoms with Crippen LogP contribution in [0.2, 0.25) is 0 Å². The van der Waals surface area contributed by atoms with E-state index in [-0.39, 0.29) is 11.5 Å². The molecule has 3 nitrogen and oxygen atoms in total. The molecule has 19 heavy (non-hydrogen) atoms. The first-order valence-electron chi connectivity index (χ1n) is 6.72. The number of halogens is 1. The Balaban J connectivity index is 3.04. The zero-order valence-corrected chi connectivity index (χ0v) is 13.1. The molecule has 0 bridgehead atoms. The maximum Gasteiger partial charge on any atom is 0.163 e. The molecule has 106 valence electrons. The van der Waals surface area contributed by atoms with Crippen molar-refractivity contribution in [2.75, 3.05) is 11.9 Å². The molecule has 1 aromatic carbocycles. The summed E-state index contributed by atoms with van der Waals surface area (Å²) in [7, 11) is 0. The lowest BCUT2D eigenvalue weighted by molar-refractivity contribution is 0.0986. The second-order valence-corrected chi connectivity index (χ2v) is 5.15. The zero-order valence-electron chi connectivity index (χ0n) is 11.5. The Hall–Kier alpha value is -1.03. The van der Waals surface area contributed by atoms with Gasteiger partial charge in [0.15, 0.2) is 17.3 Å². The van der Waals surface area contributed by atoms with Crippen molar-refractivity contribution in [2.45, 2.75) is 39.5 Å². The lowest BCUT2D eigenvalue weighted by atomic mass is 9.97. The molecule has 0 fully saturated rings. The predicted octanol–water partition coefficient (Wildman–Crippen LogP) is 4.10. The van der Waals surface area contributed by atoms with Crippen molar-refractivity contribution in [3.05, 3.63) is 23.3 Å². The highest BCUT2D eigenvalue weighted by Gasteiger charge is 2.16. The van der Waals surface area contributed by atoms with Gasteiger partial charge in [-0.3, -0.25) is 4.79 Å². The Bertz CT molecular complexity index is 430. The van der Waals surface area contributed by atoms with Gasteiger partial charge in [0.05, 0.1) is 6.61 Å². The van der Waals surface area contributed by atoms with Crippen LogP contribution in [0, 0.1) is 0 Å². The van der Waals surface area contributed by atoms with E-state index in [0.717, 1.165) is 18.2 Å². The van der Waals surface area contributed by atoms with E-state index in [2.05, 4.69) is 15.9 Å². The summed E-state index contributed by atoms with van der Waals surface area (Å²) in [4.78, 5) is 11.9. The molecule has 0 amide bonds. The van der Waals surface area contributed by atoms with Crippen LogP contribution in [-0.2, 0) is 6.42 Å². The third kappa shape index (κ3) is 4.23.